The molecule has 0 aromatic carbocycles. The van der Waals surface area contributed by atoms with Crippen molar-refractivity contribution in [1.82, 2.24) is 9.55 Å². The van der Waals surface area contributed by atoms with Gasteiger partial charge in [0.2, 0.25) is 0 Å². The summed E-state index contributed by atoms with van der Waals surface area (Å²) in [5.41, 5.74) is -2.09. The largest absolute Gasteiger partial charge is 0.504 e. The molecule has 0 aliphatic rings. The summed E-state index contributed by atoms with van der Waals surface area (Å²) >= 11 is 0. The number of carbonyl (C=O) groups excluding carboxylic acids is 1. The van der Waals surface area contributed by atoms with Crippen LogP contribution in [-0.4, -0.2) is 25.5 Å². The van der Waals surface area contributed by atoms with Crippen LogP contribution < -0.4 is 10.9 Å². The topological polar surface area (TPSA) is 127 Å². The quantitative estimate of drug-likeness (QED) is 0.643. The first kappa shape index (κ1) is 16.1. The monoisotopic (exact) mass is 322 g/mol. The van der Waals surface area contributed by atoms with Gasteiger partial charge in [-0.3, -0.25) is 19.7 Å². The van der Waals surface area contributed by atoms with Gasteiger partial charge in [-0.1, -0.05) is 0 Å². The molecule has 2 rings (SSSR count). The molecule has 1 amide bonds. The van der Waals surface area contributed by atoms with E-state index in [4.69, 9.17) is 0 Å². The Morgan fingerprint density at radius 1 is 1.48 bits per heavy atom. The summed E-state index contributed by atoms with van der Waals surface area (Å²) in [6.07, 6.45) is 0.906. The van der Waals surface area contributed by atoms with Crippen LogP contribution in [0.1, 0.15) is 16.1 Å². The lowest BCUT2D eigenvalue weighted by Gasteiger charge is -2.11. The van der Waals surface area contributed by atoms with E-state index in [0.29, 0.717) is 0 Å². The Balaban J connectivity index is 2.39. The molecular weight excluding hydrogens is 311 g/mol. The van der Waals surface area contributed by atoms with Gasteiger partial charge in [-0.25, -0.2) is 9.37 Å². The molecule has 0 aliphatic carbocycles. The van der Waals surface area contributed by atoms with E-state index in [1.54, 1.807) is 0 Å². The minimum atomic E-state index is -1.09. The summed E-state index contributed by atoms with van der Waals surface area (Å²) < 4.78 is 14.7. The molecule has 0 fully saturated rings. The molecule has 2 aromatic rings. The Bertz CT molecular complexity index is 860. The highest BCUT2D eigenvalue weighted by molar-refractivity contribution is 6.05. The normalized spacial score (nSPS) is 10.4. The average molecular weight is 322 g/mol. The fourth-order valence-electron chi connectivity index (χ4n) is 1.80. The highest BCUT2D eigenvalue weighted by Gasteiger charge is 2.24. The van der Waals surface area contributed by atoms with Gasteiger partial charge in [0.15, 0.2) is 11.6 Å². The van der Waals surface area contributed by atoms with Crippen molar-refractivity contribution < 1.29 is 19.2 Å². The number of hydrogen-bond donors (Lipinski definition) is 2. The molecule has 0 aliphatic heterocycles. The number of nitrogens with zero attached hydrogens (tertiary/aromatic N) is 3. The van der Waals surface area contributed by atoms with Gasteiger partial charge in [-0.2, -0.15) is 0 Å². The third kappa shape index (κ3) is 2.86. The van der Waals surface area contributed by atoms with Gasteiger partial charge >= 0.3 is 0 Å². The lowest BCUT2D eigenvalue weighted by atomic mass is 10.2. The maximum Gasteiger partial charge on any atom is 0.287 e. The van der Waals surface area contributed by atoms with E-state index >= 15 is 0 Å². The molecule has 0 radical (unpaired) electrons. The third-order valence-electron chi connectivity index (χ3n) is 3.21. The van der Waals surface area contributed by atoms with Crippen molar-refractivity contribution in [2.45, 2.75) is 6.92 Å². The summed E-state index contributed by atoms with van der Waals surface area (Å²) in [6.45, 7) is 1.27. The van der Waals surface area contributed by atoms with Crippen LogP contribution in [0.25, 0.3) is 0 Å². The predicted octanol–water partition coefficient (Wildman–Crippen LogP) is 1.09. The standard InChI is InChI=1S/C13H11FN4O5/c1-6-10(14)11(19)9(13(21)17(6)2)12(20)16-8-4-3-7(5-15-8)18(22)23/h3-5,19H,1-2H3,(H,15,16,20). The smallest absolute Gasteiger partial charge is 0.287 e. The molecule has 10 heteroatoms. The van der Waals surface area contributed by atoms with E-state index < -0.39 is 33.5 Å². The van der Waals surface area contributed by atoms with E-state index in [9.17, 15) is 29.2 Å². The maximum absolute atomic E-state index is 13.8. The minimum absolute atomic E-state index is 0.0944. The van der Waals surface area contributed by atoms with E-state index in [1.165, 1.54) is 14.0 Å². The molecule has 2 N–H and O–H groups in total. The van der Waals surface area contributed by atoms with Crippen molar-refractivity contribution in [3.05, 3.63) is 55.9 Å². The highest BCUT2D eigenvalue weighted by Crippen LogP contribution is 2.21. The molecule has 0 saturated heterocycles. The third-order valence-corrected chi connectivity index (χ3v) is 3.21. The lowest BCUT2D eigenvalue weighted by Crippen LogP contribution is -2.30. The fraction of sp³-hybridized carbons (Fsp3) is 0.154. The highest BCUT2D eigenvalue weighted by atomic mass is 19.1. The molecule has 0 spiro atoms. The van der Waals surface area contributed by atoms with Crippen LogP contribution in [-0.2, 0) is 7.05 Å². The minimum Gasteiger partial charge on any atom is -0.504 e. The number of aromatic nitrogens is 2. The van der Waals surface area contributed by atoms with E-state index in [-0.39, 0.29) is 17.2 Å². The second-order valence-corrected chi connectivity index (χ2v) is 4.60. The molecular formula is C13H11FN4O5. The van der Waals surface area contributed by atoms with Crippen molar-refractivity contribution in [3.8, 4) is 5.75 Å². The Morgan fingerprint density at radius 2 is 2.13 bits per heavy atom. The van der Waals surface area contributed by atoms with Gasteiger partial charge in [0.1, 0.15) is 17.6 Å². The first-order valence-electron chi connectivity index (χ1n) is 6.24. The van der Waals surface area contributed by atoms with Gasteiger partial charge in [-0.05, 0) is 13.0 Å². The van der Waals surface area contributed by atoms with Crippen molar-refractivity contribution in [1.29, 1.82) is 0 Å². The van der Waals surface area contributed by atoms with Crippen LogP contribution in [0.3, 0.4) is 0 Å². The first-order chi connectivity index (χ1) is 10.7. The number of hydrogen-bond acceptors (Lipinski definition) is 6. The number of rotatable bonds is 3. The summed E-state index contributed by atoms with van der Waals surface area (Å²) in [5.74, 6) is -3.33. The van der Waals surface area contributed by atoms with Crippen molar-refractivity contribution in [3.63, 3.8) is 0 Å². The van der Waals surface area contributed by atoms with E-state index in [2.05, 4.69) is 10.3 Å². The van der Waals surface area contributed by atoms with Crippen LogP contribution in [0, 0.1) is 22.9 Å². The number of halogens is 1. The van der Waals surface area contributed by atoms with Gasteiger partial charge in [-0.15, -0.1) is 0 Å². The van der Waals surface area contributed by atoms with Crippen LogP contribution in [0.5, 0.6) is 5.75 Å². The Morgan fingerprint density at radius 3 is 2.65 bits per heavy atom. The number of anilines is 1. The molecule has 0 bridgehead atoms. The van der Waals surface area contributed by atoms with Gasteiger partial charge in [0.05, 0.1) is 10.6 Å². The molecule has 9 nitrogen and oxygen atoms in total. The number of pyridine rings is 2. The predicted molar refractivity (Wildman–Crippen MR) is 76.9 cm³/mol. The second kappa shape index (κ2) is 5.83. The zero-order chi connectivity index (χ0) is 17.3. The molecule has 120 valence electrons. The molecule has 2 heterocycles. The molecule has 0 saturated carbocycles. The Labute approximate surface area is 128 Å². The summed E-state index contributed by atoms with van der Waals surface area (Å²) in [5, 5.41) is 22.4. The average Bonchev–Trinajstić information content (AvgIpc) is 2.51. The van der Waals surface area contributed by atoms with Gasteiger partial charge in [0.25, 0.3) is 17.2 Å². The zero-order valence-electron chi connectivity index (χ0n) is 12.0. The second-order valence-electron chi connectivity index (χ2n) is 4.60. The van der Waals surface area contributed by atoms with Crippen molar-refractivity contribution in [2.24, 2.45) is 7.05 Å². The molecule has 23 heavy (non-hydrogen) atoms. The van der Waals surface area contributed by atoms with Gasteiger partial charge in [0, 0.05) is 13.1 Å². The lowest BCUT2D eigenvalue weighted by molar-refractivity contribution is -0.385. The van der Waals surface area contributed by atoms with Crippen molar-refractivity contribution in [2.75, 3.05) is 5.32 Å². The number of carbonyl (C=O) groups is 1. The summed E-state index contributed by atoms with van der Waals surface area (Å²) in [4.78, 5) is 37.5. The number of nitro groups is 1. The number of amides is 1. The SMILES string of the molecule is Cc1c(F)c(O)c(C(=O)Nc2ccc([N+](=O)[O-])cn2)c(=O)n1C. The summed E-state index contributed by atoms with van der Waals surface area (Å²) in [7, 11) is 1.25. The van der Waals surface area contributed by atoms with E-state index in [0.717, 1.165) is 22.9 Å². The summed E-state index contributed by atoms with van der Waals surface area (Å²) in [6, 6.07) is 2.23. The van der Waals surface area contributed by atoms with Crippen LogP contribution in [0.4, 0.5) is 15.9 Å². The Hall–Kier alpha value is -3.30. The van der Waals surface area contributed by atoms with Crippen molar-refractivity contribution >= 4 is 17.4 Å². The van der Waals surface area contributed by atoms with E-state index in [1.807, 2.05) is 0 Å². The molecule has 2 aromatic heterocycles. The number of aromatic hydroxyl groups is 1. The van der Waals surface area contributed by atoms with Crippen LogP contribution in [0.15, 0.2) is 23.1 Å². The molecule has 0 unspecified atom stereocenters. The van der Waals surface area contributed by atoms with Gasteiger partial charge < -0.3 is 15.0 Å². The number of nitrogens with one attached hydrogen (secondary N) is 1. The fourth-order valence-corrected chi connectivity index (χ4v) is 1.80. The zero-order valence-corrected chi connectivity index (χ0v) is 12.0. The molecule has 0 atom stereocenters. The Kier molecular flexibility index (Phi) is 4.08. The first-order valence-corrected chi connectivity index (χ1v) is 6.24. The van der Waals surface area contributed by atoms with Crippen LogP contribution in [0.2, 0.25) is 0 Å². The van der Waals surface area contributed by atoms with Crippen LogP contribution >= 0.6 is 0 Å². The maximum atomic E-state index is 13.8.